The Morgan fingerprint density at radius 1 is 1.54 bits per heavy atom. The Labute approximate surface area is 78.9 Å². The molecule has 1 atom stereocenters. The fraction of sp³-hybridized carbons (Fsp3) is 0.500. The maximum Gasteiger partial charge on any atom is 0.247 e. The van der Waals surface area contributed by atoms with Crippen LogP contribution in [0, 0.1) is 5.92 Å². The first-order valence-corrected chi connectivity index (χ1v) is 4.44. The molecule has 1 unspecified atom stereocenters. The first-order chi connectivity index (χ1) is 6.02. The van der Waals surface area contributed by atoms with Crippen LogP contribution >= 0.6 is 0 Å². The Hall–Kier alpha value is -1.09. The molecule has 1 rings (SSSR count). The second-order valence-electron chi connectivity index (χ2n) is 3.61. The molecule has 3 heteroatoms. The van der Waals surface area contributed by atoms with Gasteiger partial charge in [-0.25, -0.2) is 0 Å². The van der Waals surface area contributed by atoms with E-state index in [1.165, 1.54) is 4.90 Å². The molecule has 0 aromatic heterocycles. The SMILES string of the molecule is CC(C)C1=CC(N)C(=O)N(C)C=C1. The van der Waals surface area contributed by atoms with Crippen molar-refractivity contribution in [2.45, 2.75) is 19.9 Å². The van der Waals surface area contributed by atoms with Gasteiger partial charge in [-0.05, 0) is 17.6 Å². The van der Waals surface area contributed by atoms with Gasteiger partial charge in [0, 0.05) is 13.2 Å². The summed E-state index contributed by atoms with van der Waals surface area (Å²) in [5.74, 6) is 0.341. The second-order valence-corrected chi connectivity index (χ2v) is 3.61. The van der Waals surface area contributed by atoms with Crippen LogP contribution in [0.25, 0.3) is 0 Å². The van der Waals surface area contributed by atoms with Crippen molar-refractivity contribution in [1.82, 2.24) is 4.90 Å². The third-order valence-corrected chi connectivity index (χ3v) is 2.16. The fourth-order valence-electron chi connectivity index (χ4n) is 1.23. The number of hydrogen-bond acceptors (Lipinski definition) is 2. The standard InChI is InChI=1S/C10H16N2O/c1-7(2)8-4-5-12(3)10(13)9(11)6-8/h4-7,9H,11H2,1-3H3. The largest absolute Gasteiger partial charge is 0.321 e. The number of nitrogens with two attached hydrogens (primary N) is 1. The van der Waals surface area contributed by atoms with Crippen molar-refractivity contribution in [3.05, 3.63) is 23.9 Å². The minimum Gasteiger partial charge on any atom is -0.321 e. The lowest BCUT2D eigenvalue weighted by Crippen LogP contribution is -2.37. The lowest BCUT2D eigenvalue weighted by Gasteiger charge is -2.12. The number of carbonyl (C=O) groups is 1. The number of carbonyl (C=O) groups excluding carboxylic acids is 1. The molecule has 0 fully saturated rings. The fourth-order valence-corrected chi connectivity index (χ4v) is 1.23. The van der Waals surface area contributed by atoms with E-state index in [0.29, 0.717) is 5.92 Å². The van der Waals surface area contributed by atoms with Gasteiger partial charge in [0.05, 0.1) is 0 Å². The predicted octanol–water partition coefficient (Wildman–Crippen LogP) is 0.882. The van der Waals surface area contributed by atoms with Crippen LogP contribution in [-0.2, 0) is 4.79 Å². The first kappa shape index (κ1) is 9.99. The summed E-state index contributed by atoms with van der Waals surface area (Å²) in [4.78, 5) is 12.9. The van der Waals surface area contributed by atoms with Crippen molar-refractivity contribution in [3.63, 3.8) is 0 Å². The van der Waals surface area contributed by atoms with Crippen LogP contribution in [0.2, 0.25) is 0 Å². The molecule has 0 aromatic carbocycles. The molecule has 13 heavy (non-hydrogen) atoms. The molecular weight excluding hydrogens is 164 g/mol. The normalized spacial score (nSPS) is 23.5. The maximum atomic E-state index is 11.4. The summed E-state index contributed by atoms with van der Waals surface area (Å²) >= 11 is 0. The van der Waals surface area contributed by atoms with Crippen molar-refractivity contribution >= 4 is 5.91 Å². The molecule has 0 saturated carbocycles. The molecule has 0 radical (unpaired) electrons. The zero-order chi connectivity index (χ0) is 10.0. The van der Waals surface area contributed by atoms with Crippen molar-refractivity contribution in [2.24, 2.45) is 11.7 Å². The highest BCUT2D eigenvalue weighted by atomic mass is 16.2. The molecule has 0 bridgehead atoms. The minimum atomic E-state index is -0.502. The summed E-state index contributed by atoms with van der Waals surface area (Å²) in [6.07, 6.45) is 5.53. The van der Waals surface area contributed by atoms with Crippen molar-refractivity contribution in [2.75, 3.05) is 7.05 Å². The van der Waals surface area contributed by atoms with Crippen LogP contribution in [0.1, 0.15) is 13.8 Å². The van der Waals surface area contributed by atoms with Crippen LogP contribution < -0.4 is 5.73 Å². The molecule has 0 spiro atoms. The van der Waals surface area contributed by atoms with Gasteiger partial charge < -0.3 is 10.6 Å². The van der Waals surface area contributed by atoms with Crippen LogP contribution in [0.15, 0.2) is 23.9 Å². The second kappa shape index (κ2) is 3.75. The van der Waals surface area contributed by atoms with Gasteiger partial charge >= 0.3 is 0 Å². The van der Waals surface area contributed by atoms with Crippen LogP contribution in [0.3, 0.4) is 0 Å². The number of rotatable bonds is 1. The molecule has 0 saturated heterocycles. The van der Waals surface area contributed by atoms with Gasteiger partial charge in [0.1, 0.15) is 6.04 Å². The van der Waals surface area contributed by atoms with Crippen molar-refractivity contribution in [1.29, 1.82) is 0 Å². The van der Waals surface area contributed by atoms with Crippen molar-refractivity contribution < 1.29 is 4.79 Å². The molecule has 0 aromatic rings. The number of amides is 1. The molecule has 3 nitrogen and oxygen atoms in total. The van der Waals surface area contributed by atoms with E-state index in [-0.39, 0.29) is 5.91 Å². The van der Waals surface area contributed by atoms with E-state index in [1.807, 2.05) is 12.2 Å². The lowest BCUT2D eigenvalue weighted by atomic mass is 10.0. The molecule has 1 aliphatic heterocycles. The number of hydrogen-bond donors (Lipinski definition) is 1. The quantitative estimate of drug-likeness (QED) is 0.651. The number of likely N-dealkylation sites (N-methyl/N-ethyl adjacent to an activating group) is 1. The number of allylic oxidation sites excluding steroid dienone is 2. The third kappa shape index (κ3) is 2.18. The first-order valence-electron chi connectivity index (χ1n) is 4.44. The Balaban J connectivity index is 2.94. The Morgan fingerprint density at radius 3 is 2.69 bits per heavy atom. The number of nitrogens with zero attached hydrogens (tertiary/aromatic N) is 1. The smallest absolute Gasteiger partial charge is 0.247 e. The van der Waals surface area contributed by atoms with Gasteiger partial charge in [-0.1, -0.05) is 19.9 Å². The topological polar surface area (TPSA) is 46.3 Å². The zero-order valence-electron chi connectivity index (χ0n) is 8.32. The van der Waals surface area contributed by atoms with Gasteiger partial charge in [0.2, 0.25) is 5.91 Å². The highest BCUT2D eigenvalue weighted by molar-refractivity contribution is 5.85. The Morgan fingerprint density at radius 2 is 2.15 bits per heavy atom. The van der Waals surface area contributed by atoms with Crippen LogP contribution in [-0.4, -0.2) is 23.9 Å². The van der Waals surface area contributed by atoms with Gasteiger partial charge in [0.15, 0.2) is 0 Å². The lowest BCUT2D eigenvalue weighted by molar-refractivity contribution is -0.127. The summed E-state index contributed by atoms with van der Waals surface area (Å²) in [7, 11) is 1.72. The van der Waals surface area contributed by atoms with Gasteiger partial charge in [-0.15, -0.1) is 0 Å². The van der Waals surface area contributed by atoms with E-state index in [2.05, 4.69) is 13.8 Å². The molecule has 72 valence electrons. The van der Waals surface area contributed by atoms with Crippen LogP contribution in [0.4, 0.5) is 0 Å². The van der Waals surface area contributed by atoms with Crippen LogP contribution in [0.5, 0.6) is 0 Å². The average Bonchev–Trinajstić information content (AvgIpc) is 2.19. The molecular formula is C10H16N2O. The maximum absolute atomic E-state index is 11.4. The molecule has 1 heterocycles. The summed E-state index contributed by atoms with van der Waals surface area (Å²) in [6.45, 7) is 4.16. The van der Waals surface area contributed by atoms with E-state index in [4.69, 9.17) is 5.73 Å². The van der Waals surface area contributed by atoms with Crippen molar-refractivity contribution in [3.8, 4) is 0 Å². The average molecular weight is 180 g/mol. The van der Waals surface area contributed by atoms with E-state index in [0.717, 1.165) is 5.57 Å². The summed E-state index contributed by atoms with van der Waals surface area (Å²) in [5.41, 5.74) is 6.81. The summed E-state index contributed by atoms with van der Waals surface area (Å²) < 4.78 is 0. The highest BCUT2D eigenvalue weighted by Crippen LogP contribution is 2.15. The predicted molar refractivity (Wildman–Crippen MR) is 52.8 cm³/mol. The Kier molecular flexibility index (Phi) is 2.88. The Bertz CT molecular complexity index is 266. The van der Waals surface area contributed by atoms with Gasteiger partial charge in [-0.2, -0.15) is 0 Å². The molecule has 1 amide bonds. The zero-order valence-corrected chi connectivity index (χ0v) is 8.32. The monoisotopic (exact) mass is 180 g/mol. The summed E-state index contributed by atoms with van der Waals surface area (Å²) in [6, 6.07) is -0.502. The third-order valence-electron chi connectivity index (χ3n) is 2.16. The molecule has 0 aliphatic carbocycles. The molecule has 1 aliphatic rings. The van der Waals surface area contributed by atoms with E-state index < -0.39 is 6.04 Å². The van der Waals surface area contributed by atoms with Gasteiger partial charge in [0.25, 0.3) is 0 Å². The summed E-state index contributed by atoms with van der Waals surface area (Å²) in [5, 5.41) is 0. The minimum absolute atomic E-state index is 0.0631. The van der Waals surface area contributed by atoms with E-state index in [1.54, 1.807) is 13.2 Å². The van der Waals surface area contributed by atoms with E-state index in [9.17, 15) is 4.79 Å². The molecule has 2 N–H and O–H groups in total. The highest BCUT2D eigenvalue weighted by Gasteiger charge is 2.18. The van der Waals surface area contributed by atoms with E-state index >= 15 is 0 Å². The van der Waals surface area contributed by atoms with Gasteiger partial charge in [-0.3, -0.25) is 4.79 Å².